The van der Waals surface area contributed by atoms with Gasteiger partial charge in [0.15, 0.2) is 15.5 Å². The van der Waals surface area contributed by atoms with Crippen molar-refractivity contribution in [2.75, 3.05) is 77.5 Å². The average molecular weight is 758 g/mol. The Bertz CT molecular complexity index is 1810. The van der Waals surface area contributed by atoms with Gasteiger partial charge in [-0.3, -0.25) is 9.69 Å². The van der Waals surface area contributed by atoms with Crippen molar-refractivity contribution in [2.45, 2.75) is 65.8 Å². The molecule has 5 aliphatic rings. The van der Waals surface area contributed by atoms with E-state index in [2.05, 4.69) is 21.7 Å². The van der Waals surface area contributed by atoms with Gasteiger partial charge < -0.3 is 24.8 Å². The molecule has 1 saturated carbocycles. The summed E-state index contributed by atoms with van der Waals surface area (Å²) in [6, 6.07) is 10.6. The first-order valence-electron chi connectivity index (χ1n) is 18.8. The Morgan fingerprint density at radius 1 is 1.00 bits per heavy atom. The smallest absolute Gasteiger partial charge is 0.407 e. The first kappa shape index (κ1) is 37.7. The first-order valence-corrected chi connectivity index (χ1v) is 20.3. The summed E-state index contributed by atoms with van der Waals surface area (Å²) in [6.07, 6.45) is 6.05. The third-order valence-electron chi connectivity index (χ3n) is 12.6. The quantitative estimate of drug-likeness (QED) is 0.315. The van der Waals surface area contributed by atoms with E-state index in [1.165, 1.54) is 30.2 Å². The summed E-state index contributed by atoms with van der Waals surface area (Å²) in [6.45, 7) is 7.70. The van der Waals surface area contributed by atoms with Gasteiger partial charge in [-0.15, -0.1) is 0 Å². The number of amides is 2. The maximum Gasteiger partial charge on any atom is 0.407 e. The Labute approximate surface area is 310 Å². The van der Waals surface area contributed by atoms with Crippen molar-refractivity contribution in [3.05, 3.63) is 72.3 Å². The van der Waals surface area contributed by atoms with Crippen LogP contribution in [0, 0.1) is 23.5 Å². The molecule has 4 saturated heterocycles. The van der Waals surface area contributed by atoms with Gasteiger partial charge >= 0.3 is 6.09 Å². The van der Waals surface area contributed by atoms with Gasteiger partial charge in [0.25, 0.3) is 0 Å². The lowest BCUT2D eigenvalue weighted by Gasteiger charge is -2.54. The molecule has 2 aromatic rings. The SMILES string of the molecule is C=CC(=O)N1CC(S(=O)(=O)c2ccc(N3CC(F)(CN4CCC(C(CN5CCC5)(c5cccc(F)c5)[C@H]5CCC[C@@H]5NC(=O)OC)CC4)C3)c(F)c2)C1. The Kier molecular flexibility index (Phi) is 10.6. The van der Waals surface area contributed by atoms with Crippen LogP contribution in [0.15, 0.2) is 60.0 Å². The molecular formula is C39H50F3N5O5S. The molecular weight excluding hydrogens is 708 g/mol. The van der Waals surface area contributed by atoms with E-state index < -0.39 is 38.1 Å². The van der Waals surface area contributed by atoms with Gasteiger partial charge in [-0.2, -0.15) is 0 Å². The molecule has 1 aliphatic carbocycles. The number of methoxy groups -OCH3 is 1. The number of likely N-dealkylation sites (tertiary alicyclic amines) is 3. The Balaban J connectivity index is 1.02. The molecule has 0 bridgehead atoms. The van der Waals surface area contributed by atoms with Gasteiger partial charge in [0, 0.05) is 37.6 Å². The molecule has 7 rings (SSSR count). The number of alkyl halides is 1. The average Bonchev–Trinajstić information content (AvgIpc) is 3.54. The first-order chi connectivity index (χ1) is 25.3. The van der Waals surface area contributed by atoms with Crippen molar-refractivity contribution in [3.63, 3.8) is 0 Å². The molecule has 5 fully saturated rings. The number of carbonyl (C=O) groups is 2. The number of hydrogen-bond acceptors (Lipinski definition) is 8. The normalized spacial score (nSPS) is 25.1. The number of alkyl carbamates (subject to hydrolysis) is 1. The molecule has 288 valence electrons. The summed E-state index contributed by atoms with van der Waals surface area (Å²) in [5.41, 5.74) is -0.864. The van der Waals surface area contributed by atoms with Crippen LogP contribution in [0.4, 0.5) is 23.7 Å². The van der Waals surface area contributed by atoms with Crippen LogP contribution in [0.25, 0.3) is 0 Å². The highest BCUT2D eigenvalue weighted by atomic mass is 32.2. The van der Waals surface area contributed by atoms with Crippen LogP contribution in [0.1, 0.15) is 44.1 Å². The van der Waals surface area contributed by atoms with Crippen LogP contribution in [-0.2, 0) is 24.8 Å². The van der Waals surface area contributed by atoms with Crippen molar-refractivity contribution in [1.82, 2.24) is 20.0 Å². The van der Waals surface area contributed by atoms with Crippen LogP contribution in [0.3, 0.4) is 0 Å². The number of piperidine rings is 1. The molecule has 1 unspecified atom stereocenters. The topological polar surface area (TPSA) is 103 Å². The number of anilines is 1. The monoisotopic (exact) mass is 757 g/mol. The van der Waals surface area contributed by atoms with Gasteiger partial charge in [-0.25, -0.2) is 26.4 Å². The molecule has 10 nitrogen and oxygen atoms in total. The third kappa shape index (κ3) is 7.30. The number of hydrogen-bond donors (Lipinski definition) is 1. The van der Waals surface area contributed by atoms with E-state index in [0.717, 1.165) is 75.9 Å². The van der Waals surface area contributed by atoms with Crippen LogP contribution in [0.5, 0.6) is 0 Å². The largest absolute Gasteiger partial charge is 0.453 e. The molecule has 0 radical (unpaired) electrons. The van der Waals surface area contributed by atoms with E-state index in [4.69, 9.17) is 4.74 Å². The summed E-state index contributed by atoms with van der Waals surface area (Å²) in [5, 5.41) is 2.30. The number of benzene rings is 2. The lowest BCUT2D eigenvalue weighted by atomic mass is 9.57. The van der Waals surface area contributed by atoms with Crippen molar-refractivity contribution in [2.24, 2.45) is 11.8 Å². The molecule has 0 aromatic heterocycles. The number of nitrogens with zero attached hydrogens (tertiary/aromatic N) is 4. The van der Waals surface area contributed by atoms with Crippen molar-refractivity contribution in [1.29, 1.82) is 0 Å². The summed E-state index contributed by atoms with van der Waals surface area (Å²) < 4.78 is 77.6. The summed E-state index contributed by atoms with van der Waals surface area (Å²) in [4.78, 5) is 31.6. The molecule has 2 amide bonds. The van der Waals surface area contributed by atoms with E-state index in [1.807, 2.05) is 6.07 Å². The zero-order chi connectivity index (χ0) is 37.5. The maximum atomic E-state index is 16.2. The fourth-order valence-electron chi connectivity index (χ4n) is 9.71. The minimum absolute atomic E-state index is 0.0116. The maximum absolute atomic E-state index is 16.2. The predicted molar refractivity (Wildman–Crippen MR) is 195 cm³/mol. The lowest BCUT2D eigenvalue weighted by molar-refractivity contribution is -0.129. The molecule has 14 heteroatoms. The second-order valence-electron chi connectivity index (χ2n) is 15.7. The van der Waals surface area contributed by atoms with Crippen molar-refractivity contribution < 1.29 is 35.9 Å². The van der Waals surface area contributed by atoms with Crippen LogP contribution < -0.4 is 10.2 Å². The zero-order valence-corrected chi connectivity index (χ0v) is 31.1. The second-order valence-corrected chi connectivity index (χ2v) is 18.0. The molecule has 0 spiro atoms. The van der Waals surface area contributed by atoms with Gasteiger partial charge in [0.2, 0.25) is 5.91 Å². The van der Waals surface area contributed by atoms with E-state index >= 15 is 8.78 Å². The standard InChI is InChI=1S/C39H50F3N5O5S/c1-3-36(48)46-21-31(22-46)53(50,51)30-11-12-35(33(41)20-30)47-24-38(42,25-47)23-45-17-13-27(14-18-45)39(26-44-15-6-16-44,28-7-4-8-29(40)19-28)32-9-5-10-34(32)43-37(49)52-2/h3-4,7-8,11-12,19-20,27,31-32,34H,1,5-6,9-10,13-18,21-26H2,2H3,(H,43,49)/t32-,34-,39?/m0/s1. The van der Waals surface area contributed by atoms with Gasteiger partial charge in [-0.05, 0) is 112 Å². The third-order valence-corrected chi connectivity index (χ3v) is 14.7. The molecule has 3 atom stereocenters. The Morgan fingerprint density at radius 3 is 2.36 bits per heavy atom. The van der Waals surface area contributed by atoms with Crippen LogP contribution in [-0.4, -0.2) is 125 Å². The van der Waals surface area contributed by atoms with Gasteiger partial charge in [0.1, 0.15) is 16.9 Å². The number of sulfone groups is 1. The molecule has 4 aliphatic heterocycles. The predicted octanol–water partition coefficient (Wildman–Crippen LogP) is 4.54. The fourth-order valence-corrected chi connectivity index (χ4v) is 11.4. The van der Waals surface area contributed by atoms with Crippen molar-refractivity contribution in [3.8, 4) is 0 Å². The number of rotatable bonds is 12. The van der Waals surface area contributed by atoms with Crippen molar-refractivity contribution >= 4 is 27.5 Å². The van der Waals surface area contributed by atoms with Crippen LogP contribution >= 0.6 is 0 Å². The van der Waals surface area contributed by atoms with Gasteiger partial charge in [0.05, 0.1) is 30.8 Å². The second kappa shape index (κ2) is 14.9. The highest BCUT2D eigenvalue weighted by Crippen LogP contribution is 2.52. The molecule has 1 N–H and O–H groups in total. The lowest BCUT2D eigenvalue weighted by Crippen LogP contribution is -2.65. The Morgan fingerprint density at radius 2 is 1.74 bits per heavy atom. The summed E-state index contributed by atoms with van der Waals surface area (Å²) >= 11 is 0. The molecule has 4 heterocycles. The number of ether oxygens (including phenoxy) is 1. The van der Waals surface area contributed by atoms with E-state index in [1.54, 1.807) is 17.0 Å². The van der Waals surface area contributed by atoms with E-state index in [-0.39, 0.29) is 72.9 Å². The minimum atomic E-state index is -3.84. The molecule has 53 heavy (non-hydrogen) atoms. The van der Waals surface area contributed by atoms with Crippen LogP contribution in [0.2, 0.25) is 0 Å². The molecule has 2 aromatic carbocycles. The Hall–Kier alpha value is -3.62. The van der Waals surface area contributed by atoms with E-state index in [0.29, 0.717) is 13.1 Å². The number of halogens is 3. The highest BCUT2D eigenvalue weighted by molar-refractivity contribution is 7.92. The van der Waals surface area contributed by atoms with E-state index in [9.17, 15) is 22.4 Å². The number of carbonyl (C=O) groups excluding carboxylic acids is 2. The summed E-state index contributed by atoms with van der Waals surface area (Å²) in [5.74, 6) is -1.10. The number of nitrogens with one attached hydrogen (secondary N) is 1. The fraction of sp³-hybridized carbons (Fsp3) is 0.590. The zero-order valence-electron chi connectivity index (χ0n) is 30.3. The van der Waals surface area contributed by atoms with Gasteiger partial charge in [-0.1, -0.05) is 25.1 Å². The minimum Gasteiger partial charge on any atom is -0.453 e. The summed E-state index contributed by atoms with van der Waals surface area (Å²) in [7, 11) is -2.47. The highest BCUT2D eigenvalue weighted by Gasteiger charge is 2.54.